The number of phosphoric acid groups is 3. The average Bonchev–Trinajstić information content (AvgIpc) is 3.66. The number of imidazole rings is 1. The maximum atomic E-state index is 12.7. The van der Waals surface area contributed by atoms with Gasteiger partial charge in [-0.05, 0) is 6.92 Å². The maximum absolute atomic E-state index is 12.7. The van der Waals surface area contributed by atoms with E-state index in [9.17, 15) is 48.3 Å². The Kier molecular flexibility index (Phi) is 18.6. The number of thioether (sulfide) groups is 1. The van der Waals surface area contributed by atoms with Crippen molar-refractivity contribution in [2.75, 3.05) is 64.0 Å². The zero-order chi connectivity index (χ0) is 41.7. The van der Waals surface area contributed by atoms with Gasteiger partial charge in [-0.2, -0.15) is 4.31 Å². The first-order valence-electron chi connectivity index (χ1n) is 16.7. The van der Waals surface area contributed by atoms with Crippen molar-refractivity contribution in [3.63, 3.8) is 0 Å². The number of ether oxygens (including phenoxy) is 1. The molecule has 3 rings (SSSR count). The Labute approximate surface area is 324 Å². The summed E-state index contributed by atoms with van der Waals surface area (Å²) in [5.41, 5.74) is 9.99. The number of phosphoric ester groups is 3. The second-order valence-corrected chi connectivity index (χ2v) is 18.1. The third-order valence-corrected chi connectivity index (χ3v) is 11.5. The predicted octanol–water partition coefficient (Wildman–Crippen LogP) is -1.53. The normalized spacial score (nSPS) is 22.1. The summed E-state index contributed by atoms with van der Waals surface area (Å²) in [5, 5.41) is 34.6. The molecule has 1 aliphatic rings. The van der Waals surface area contributed by atoms with Crippen LogP contribution in [0.1, 0.15) is 33.4 Å². The molecule has 1 aliphatic heterocycles. The first-order valence-corrected chi connectivity index (χ1v) is 22.2. The Balaban J connectivity index is 1.44. The summed E-state index contributed by atoms with van der Waals surface area (Å²) < 4.78 is 62.3. The number of hydrogen-bond donors (Lipinski definition) is 11. The molecule has 13 N–H and O–H groups in total. The second kappa shape index (κ2) is 21.7. The molecule has 320 valence electrons. The van der Waals surface area contributed by atoms with Gasteiger partial charge in [0.25, 0.3) is 0 Å². The van der Waals surface area contributed by atoms with Crippen molar-refractivity contribution < 1.29 is 75.7 Å². The number of fused-ring (bicyclic) bond motifs is 1. The van der Waals surface area contributed by atoms with E-state index in [0.717, 1.165) is 17.2 Å². The van der Waals surface area contributed by atoms with Gasteiger partial charge in [-0.15, -0.1) is 11.8 Å². The van der Waals surface area contributed by atoms with Crippen LogP contribution in [0, 0.1) is 5.41 Å². The molecular weight excluding hydrogens is 833 g/mol. The highest BCUT2D eigenvalue weighted by atomic mass is 32.2. The van der Waals surface area contributed by atoms with Crippen LogP contribution in [0.25, 0.3) is 11.2 Å². The standard InChI is InChI=1S/C26H49N10O16P3S/c1-16(35-47-10-8-29-7-5-27)56-11-9-30-18(37)4-6-31-25(39)26(2,3)13-49-55(45,46)52-54(43,44)48-12-17-21(51-53(40,41)42)20(38)24(50-17)36-15-34-19-22(28)32-14-33-23(19)36/h14-15,17,20-21,24-25,29,31,38-39H,4-13,27H2,1-3H3,(H,30,37)(H,43,44)(H,45,46)(H2,28,32,33)(H2,40,41,42). The van der Waals surface area contributed by atoms with Gasteiger partial charge in [0.2, 0.25) is 5.91 Å². The van der Waals surface area contributed by atoms with Gasteiger partial charge in [-0.1, -0.05) is 19.0 Å². The van der Waals surface area contributed by atoms with Crippen molar-refractivity contribution in [1.82, 2.24) is 35.5 Å². The minimum absolute atomic E-state index is 0.00736. The van der Waals surface area contributed by atoms with Crippen LogP contribution in [-0.4, -0.2) is 143 Å². The van der Waals surface area contributed by atoms with Gasteiger partial charge in [-0.25, -0.2) is 28.6 Å². The number of aromatic nitrogens is 4. The summed E-state index contributed by atoms with van der Waals surface area (Å²) in [4.78, 5) is 68.4. The summed E-state index contributed by atoms with van der Waals surface area (Å²) in [5.74, 6) is 0.193. The van der Waals surface area contributed by atoms with E-state index in [1.54, 1.807) is 6.92 Å². The lowest BCUT2D eigenvalue weighted by Gasteiger charge is -2.31. The van der Waals surface area contributed by atoms with Crippen LogP contribution in [0.3, 0.4) is 0 Å². The monoisotopic (exact) mass is 882 g/mol. The molecule has 1 fully saturated rings. The summed E-state index contributed by atoms with van der Waals surface area (Å²) in [6.07, 6.45) is -6.13. The molecule has 0 spiro atoms. The maximum Gasteiger partial charge on any atom is 0.481 e. The van der Waals surface area contributed by atoms with Gasteiger partial charge in [-0.3, -0.25) is 28.2 Å². The predicted molar refractivity (Wildman–Crippen MR) is 198 cm³/mol. The van der Waals surface area contributed by atoms with Crippen molar-refractivity contribution >= 4 is 63.2 Å². The second-order valence-electron chi connectivity index (χ2n) is 12.6. The van der Waals surface area contributed by atoms with E-state index in [-0.39, 0.29) is 35.9 Å². The number of amides is 1. The topological polar surface area (TPSA) is 389 Å². The summed E-state index contributed by atoms with van der Waals surface area (Å²) in [7, 11) is -16.2. The SMILES string of the molecule is CC(=NOCCNCCN)SCCNC(=O)CCNC(O)C(C)(C)COP(=O)(O)OP(=O)(O)OCC1OC(n2cnc3c(N)ncnc32)C(O)C1OP(=O)(O)O. The number of rotatable bonds is 25. The van der Waals surface area contributed by atoms with Gasteiger partial charge in [0.1, 0.15) is 48.0 Å². The molecule has 2 aromatic rings. The van der Waals surface area contributed by atoms with Crippen LogP contribution in [0.15, 0.2) is 17.8 Å². The third kappa shape index (κ3) is 15.8. The third-order valence-electron chi connectivity index (χ3n) is 7.49. The molecule has 26 nitrogen and oxygen atoms in total. The highest BCUT2D eigenvalue weighted by molar-refractivity contribution is 8.13. The number of aliphatic hydroxyl groups excluding tert-OH is 2. The molecule has 1 saturated heterocycles. The van der Waals surface area contributed by atoms with Crippen LogP contribution in [0.2, 0.25) is 0 Å². The molecule has 30 heteroatoms. The molecule has 2 aromatic heterocycles. The van der Waals surface area contributed by atoms with Crippen LogP contribution in [0.4, 0.5) is 5.82 Å². The average molecular weight is 883 g/mol. The highest BCUT2D eigenvalue weighted by Crippen LogP contribution is 2.61. The molecule has 0 aromatic carbocycles. The number of anilines is 1. The minimum Gasteiger partial charge on any atom is -0.394 e. The fourth-order valence-corrected chi connectivity index (χ4v) is 8.12. The van der Waals surface area contributed by atoms with Crippen molar-refractivity contribution in [3.05, 3.63) is 12.7 Å². The van der Waals surface area contributed by atoms with Crippen LogP contribution < -0.4 is 27.4 Å². The molecule has 0 saturated carbocycles. The quantitative estimate of drug-likeness (QED) is 0.0134. The molecule has 3 heterocycles. The van der Waals surface area contributed by atoms with Gasteiger partial charge >= 0.3 is 23.5 Å². The molecule has 7 atom stereocenters. The number of carbonyl (C=O) groups is 1. The largest absolute Gasteiger partial charge is 0.481 e. The summed E-state index contributed by atoms with van der Waals surface area (Å²) in [6, 6.07) is 0. The van der Waals surface area contributed by atoms with Crippen LogP contribution in [0.5, 0.6) is 0 Å². The number of oxime groups is 1. The Morgan fingerprint density at radius 3 is 2.52 bits per heavy atom. The number of aliphatic hydroxyl groups is 2. The number of nitrogen functional groups attached to an aromatic ring is 1. The number of nitrogens with zero attached hydrogens (tertiary/aromatic N) is 5. The lowest BCUT2D eigenvalue weighted by atomic mass is 9.92. The number of hydrogen-bond acceptors (Lipinski definition) is 21. The summed E-state index contributed by atoms with van der Waals surface area (Å²) >= 11 is 1.39. The Morgan fingerprint density at radius 2 is 1.82 bits per heavy atom. The summed E-state index contributed by atoms with van der Waals surface area (Å²) in [6.45, 7) is 5.39. The van der Waals surface area contributed by atoms with E-state index in [1.807, 2.05) is 0 Å². The Morgan fingerprint density at radius 1 is 1.11 bits per heavy atom. The number of nitrogens with one attached hydrogen (secondary N) is 3. The van der Waals surface area contributed by atoms with E-state index in [2.05, 4.69) is 44.9 Å². The van der Waals surface area contributed by atoms with E-state index in [4.69, 9.17) is 30.1 Å². The van der Waals surface area contributed by atoms with Crippen LogP contribution >= 0.6 is 35.2 Å². The van der Waals surface area contributed by atoms with Gasteiger partial charge in [0, 0.05) is 50.3 Å². The molecule has 56 heavy (non-hydrogen) atoms. The zero-order valence-electron chi connectivity index (χ0n) is 30.5. The van der Waals surface area contributed by atoms with Crippen molar-refractivity contribution in [2.45, 2.75) is 58.0 Å². The van der Waals surface area contributed by atoms with Gasteiger partial charge in [0.05, 0.1) is 19.5 Å². The smallest absolute Gasteiger partial charge is 0.394 e. The van der Waals surface area contributed by atoms with Crippen molar-refractivity contribution in [3.8, 4) is 0 Å². The zero-order valence-corrected chi connectivity index (χ0v) is 34.0. The highest BCUT2D eigenvalue weighted by Gasteiger charge is 2.50. The fraction of sp³-hybridized carbons (Fsp3) is 0.731. The van der Waals surface area contributed by atoms with E-state index in [0.29, 0.717) is 43.6 Å². The van der Waals surface area contributed by atoms with E-state index < -0.39 is 72.9 Å². The van der Waals surface area contributed by atoms with Gasteiger partial charge in [0.15, 0.2) is 17.7 Å². The van der Waals surface area contributed by atoms with Gasteiger partial charge < -0.3 is 61.5 Å². The Bertz CT molecular complexity index is 1760. The van der Waals surface area contributed by atoms with Crippen molar-refractivity contribution in [1.29, 1.82) is 0 Å². The number of carbonyl (C=O) groups excluding carboxylic acids is 1. The minimum atomic E-state index is -5.50. The lowest BCUT2D eigenvalue weighted by Crippen LogP contribution is -2.45. The molecule has 0 radical (unpaired) electrons. The van der Waals surface area contributed by atoms with Crippen LogP contribution in [-0.2, 0) is 45.9 Å². The Hall–Kier alpha value is -2.23. The fourth-order valence-electron chi connectivity index (χ4n) is 4.68. The van der Waals surface area contributed by atoms with E-state index >= 15 is 0 Å². The first kappa shape index (κ1) is 48.1. The molecule has 7 unspecified atom stereocenters. The molecular formula is C26H49N10O16P3S. The lowest BCUT2D eigenvalue weighted by molar-refractivity contribution is -0.121. The molecule has 0 bridgehead atoms. The van der Waals surface area contributed by atoms with E-state index in [1.165, 1.54) is 25.6 Å². The molecule has 0 aliphatic carbocycles. The molecule has 1 amide bonds. The number of nitrogens with two attached hydrogens (primary N) is 2. The first-order chi connectivity index (χ1) is 26.1. The van der Waals surface area contributed by atoms with Crippen molar-refractivity contribution in [2.24, 2.45) is 16.3 Å².